The van der Waals surface area contributed by atoms with E-state index in [1.165, 1.54) is 15.3 Å². The fourth-order valence-corrected chi connectivity index (χ4v) is 4.12. The maximum Gasteiger partial charge on any atom is 0.203 e. The number of aromatic nitrogens is 1. The highest BCUT2D eigenvalue weighted by atomic mass is 32.1. The molecule has 0 amide bonds. The van der Waals surface area contributed by atoms with Crippen LogP contribution in [0.5, 0.6) is 0 Å². The van der Waals surface area contributed by atoms with Crippen molar-refractivity contribution in [1.82, 2.24) is 4.98 Å². The molecule has 2 aromatic carbocycles. The van der Waals surface area contributed by atoms with Crippen LogP contribution >= 0.6 is 22.7 Å². The molecule has 4 rings (SSSR count). The van der Waals surface area contributed by atoms with Crippen LogP contribution in [0, 0.1) is 6.92 Å². The van der Waals surface area contributed by atoms with Gasteiger partial charge in [-0.3, -0.25) is 5.43 Å². The molecule has 0 radical (unpaired) electrons. The van der Waals surface area contributed by atoms with Crippen molar-refractivity contribution in [1.29, 1.82) is 0 Å². The first-order valence-electron chi connectivity index (χ1n) is 8.25. The fourth-order valence-electron chi connectivity index (χ4n) is 2.59. The van der Waals surface area contributed by atoms with Crippen molar-refractivity contribution in [2.45, 2.75) is 6.92 Å². The van der Waals surface area contributed by atoms with E-state index in [0.29, 0.717) is 0 Å². The number of nitrogens with one attached hydrogen (secondary N) is 1. The molecule has 0 aliphatic heterocycles. The highest BCUT2D eigenvalue weighted by molar-refractivity contribution is 7.15. The Kier molecular flexibility index (Phi) is 4.91. The zero-order valence-electron chi connectivity index (χ0n) is 14.2. The molecule has 2 heterocycles. The Morgan fingerprint density at radius 3 is 2.62 bits per heavy atom. The Morgan fingerprint density at radius 1 is 0.962 bits per heavy atom. The lowest BCUT2D eigenvalue weighted by atomic mass is 10.1. The van der Waals surface area contributed by atoms with Crippen molar-refractivity contribution >= 4 is 34.0 Å². The number of hydrogen-bond donors (Lipinski definition) is 1. The second-order valence-corrected chi connectivity index (χ2v) is 7.96. The number of thiazole rings is 1. The maximum atomic E-state index is 4.57. The van der Waals surface area contributed by atoms with Gasteiger partial charge in [0.2, 0.25) is 5.13 Å². The van der Waals surface area contributed by atoms with Crippen molar-refractivity contribution in [2.24, 2.45) is 5.10 Å². The second-order valence-electron chi connectivity index (χ2n) is 5.81. The molecule has 3 nitrogen and oxygen atoms in total. The molecule has 5 heteroatoms. The Hall–Kier alpha value is -2.76. The molecule has 0 aliphatic rings. The molecule has 0 atom stereocenters. The van der Waals surface area contributed by atoms with E-state index in [1.54, 1.807) is 22.7 Å². The monoisotopic (exact) mass is 375 g/mol. The van der Waals surface area contributed by atoms with Crippen LogP contribution in [-0.4, -0.2) is 11.2 Å². The van der Waals surface area contributed by atoms with Crippen LogP contribution in [0.3, 0.4) is 0 Å². The van der Waals surface area contributed by atoms with Gasteiger partial charge in [0, 0.05) is 20.7 Å². The topological polar surface area (TPSA) is 37.3 Å². The van der Waals surface area contributed by atoms with Crippen molar-refractivity contribution in [3.05, 3.63) is 82.6 Å². The summed E-state index contributed by atoms with van der Waals surface area (Å²) in [6.07, 6.45) is 1.83. The molecule has 0 saturated carbocycles. The quantitative estimate of drug-likeness (QED) is 0.329. The van der Waals surface area contributed by atoms with E-state index in [1.807, 2.05) is 35.9 Å². The highest BCUT2D eigenvalue weighted by Gasteiger charge is 2.03. The summed E-state index contributed by atoms with van der Waals surface area (Å²) in [6.45, 7) is 2.13. The normalized spacial score (nSPS) is 11.1. The van der Waals surface area contributed by atoms with Crippen LogP contribution in [0.2, 0.25) is 0 Å². The standard InChI is InChI=1S/C21H17N3S2/c1-15-10-11-20(26-15)18-9-5-6-16(12-18)13-22-24-21-23-19(14-25-21)17-7-3-2-4-8-17/h2-14H,1H3,(H,23,24). The minimum atomic E-state index is 0.783. The van der Waals surface area contributed by atoms with E-state index in [2.05, 4.69) is 64.9 Å². The zero-order chi connectivity index (χ0) is 17.8. The van der Waals surface area contributed by atoms with E-state index in [0.717, 1.165) is 22.0 Å². The molecule has 1 N–H and O–H groups in total. The van der Waals surface area contributed by atoms with E-state index in [9.17, 15) is 0 Å². The molecular weight excluding hydrogens is 358 g/mol. The van der Waals surface area contributed by atoms with Gasteiger partial charge < -0.3 is 0 Å². The van der Waals surface area contributed by atoms with Crippen LogP contribution in [0.25, 0.3) is 21.7 Å². The number of nitrogens with zero attached hydrogens (tertiary/aromatic N) is 2. The first-order chi connectivity index (χ1) is 12.8. The summed E-state index contributed by atoms with van der Waals surface area (Å²) in [5.41, 5.74) is 7.37. The summed E-state index contributed by atoms with van der Waals surface area (Å²) in [5.74, 6) is 0. The van der Waals surface area contributed by atoms with Gasteiger partial charge in [0.15, 0.2) is 0 Å². The van der Waals surface area contributed by atoms with Crippen LogP contribution < -0.4 is 5.43 Å². The first kappa shape index (κ1) is 16.7. The molecule has 0 unspecified atom stereocenters. The lowest BCUT2D eigenvalue weighted by Crippen LogP contribution is -1.90. The smallest absolute Gasteiger partial charge is 0.203 e. The summed E-state index contributed by atoms with van der Waals surface area (Å²) in [4.78, 5) is 7.17. The highest BCUT2D eigenvalue weighted by Crippen LogP contribution is 2.28. The van der Waals surface area contributed by atoms with Gasteiger partial charge in [0.25, 0.3) is 0 Å². The molecule has 2 aromatic heterocycles. The third-order valence-electron chi connectivity index (χ3n) is 3.86. The molecule has 0 saturated heterocycles. The van der Waals surface area contributed by atoms with Gasteiger partial charge in [-0.05, 0) is 36.2 Å². The molecule has 128 valence electrons. The first-order valence-corrected chi connectivity index (χ1v) is 9.94. The van der Waals surface area contributed by atoms with Crippen LogP contribution in [0.15, 0.2) is 77.2 Å². The van der Waals surface area contributed by atoms with Crippen LogP contribution in [0.1, 0.15) is 10.4 Å². The Bertz CT molecular complexity index is 1030. The average molecular weight is 376 g/mol. The lowest BCUT2D eigenvalue weighted by molar-refractivity contribution is 1.29. The summed E-state index contributed by atoms with van der Waals surface area (Å²) in [5, 5.41) is 7.15. The molecular formula is C21H17N3S2. The van der Waals surface area contributed by atoms with E-state index in [4.69, 9.17) is 0 Å². The summed E-state index contributed by atoms with van der Waals surface area (Å²) >= 11 is 3.35. The van der Waals surface area contributed by atoms with Gasteiger partial charge in [-0.2, -0.15) is 5.10 Å². The Morgan fingerprint density at radius 2 is 1.81 bits per heavy atom. The van der Waals surface area contributed by atoms with E-state index < -0.39 is 0 Å². The van der Waals surface area contributed by atoms with Crippen LogP contribution in [-0.2, 0) is 0 Å². The van der Waals surface area contributed by atoms with Gasteiger partial charge in [0.05, 0.1) is 11.9 Å². The molecule has 0 aliphatic carbocycles. The fraction of sp³-hybridized carbons (Fsp3) is 0.0476. The zero-order valence-corrected chi connectivity index (χ0v) is 15.8. The minimum absolute atomic E-state index is 0.783. The number of rotatable bonds is 5. The van der Waals surface area contributed by atoms with Gasteiger partial charge >= 0.3 is 0 Å². The third kappa shape index (κ3) is 3.90. The maximum absolute atomic E-state index is 4.57. The number of thiophene rings is 1. The van der Waals surface area contributed by atoms with Gasteiger partial charge in [-0.25, -0.2) is 4.98 Å². The number of anilines is 1. The number of hydrogen-bond acceptors (Lipinski definition) is 5. The SMILES string of the molecule is Cc1ccc(-c2cccc(C=NNc3nc(-c4ccccc4)cs3)c2)s1. The van der Waals surface area contributed by atoms with E-state index in [-0.39, 0.29) is 0 Å². The molecule has 0 bridgehead atoms. The number of hydrazone groups is 1. The third-order valence-corrected chi connectivity index (χ3v) is 5.66. The van der Waals surface area contributed by atoms with E-state index >= 15 is 0 Å². The summed E-state index contributed by atoms with van der Waals surface area (Å²) < 4.78 is 0. The molecule has 4 aromatic rings. The summed E-state index contributed by atoms with van der Waals surface area (Å²) in [6, 6.07) is 22.8. The van der Waals surface area contributed by atoms with Crippen LogP contribution in [0.4, 0.5) is 5.13 Å². The second kappa shape index (κ2) is 7.64. The Balaban J connectivity index is 1.45. The summed E-state index contributed by atoms with van der Waals surface area (Å²) in [7, 11) is 0. The van der Waals surface area contributed by atoms with Crippen molar-refractivity contribution in [2.75, 3.05) is 5.43 Å². The van der Waals surface area contributed by atoms with Crippen molar-refractivity contribution in [3.63, 3.8) is 0 Å². The molecule has 0 fully saturated rings. The number of benzene rings is 2. The molecule has 26 heavy (non-hydrogen) atoms. The van der Waals surface area contributed by atoms with Crippen molar-refractivity contribution in [3.8, 4) is 21.7 Å². The van der Waals surface area contributed by atoms with Gasteiger partial charge in [-0.1, -0.05) is 48.5 Å². The minimum Gasteiger partial charge on any atom is -0.253 e. The lowest BCUT2D eigenvalue weighted by Gasteiger charge is -1.99. The molecule has 0 spiro atoms. The Labute approximate surface area is 160 Å². The van der Waals surface area contributed by atoms with Gasteiger partial charge in [0.1, 0.15) is 0 Å². The average Bonchev–Trinajstić information content (AvgIpc) is 3.32. The predicted molar refractivity (Wildman–Crippen MR) is 113 cm³/mol. The largest absolute Gasteiger partial charge is 0.253 e. The number of aryl methyl sites for hydroxylation is 1. The predicted octanol–water partition coefficient (Wildman–Crippen LogP) is 6.29. The van der Waals surface area contributed by atoms with Gasteiger partial charge in [-0.15, -0.1) is 22.7 Å². The van der Waals surface area contributed by atoms with Crippen molar-refractivity contribution < 1.29 is 0 Å².